The van der Waals surface area contributed by atoms with Gasteiger partial charge >= 0.3 is 5.97 Å². The maximum atomic E-state index is 12.9. The molecule has 1 fully saturated rings. The number of amides is 1. The normalized spacial score (nSPS) is 15.1. The van der Waals surface area contributed by atoms with Crippen molar-refractivity contribution < 1.29 is 23.8 Å². The molecule has 1 N–H and O–H groups in total. The predicted octanol–water partition coefficient (Wildman–Crippen LogP) is 5.06. The first-order valence-electron chi connectivity index (χ1n) is 8.82. The predicted molar refractivity (Wildman–Crippen MR) is 120 cm³/mol. The maximum absolute atomic E-state index is 12.9. The Morgan fingerprint density at radius 2 is 1.80 bits per heavy atom. The summed E-state index contributed by atoms with van der Waals surface area (Å²) in [6.07, 6.45) is 1.65. The van der Waals surface area contributed by atoms with Crippen LogP contribution in [0.15, 0.2) is 70.0 Å². The number of carboxylic acid groups (broad SMARTS) is 1. The van der Waals surface area contributed by atoms with Gasteiger partial charge in [0.25, 0.3) is 5.91 Å². The van der Waals surface area contributed by atoms with E-state index in [2.05, 4.69) is 0 Å². The van der Waals surface area contributed by atoms with E-state index in [9.17, 15) is 9.59 Å². The van der Waals surface area contributed by atoms with Gasteiger partial charge in [0, 0.05) is 11.6 Å². The van der Waals surface area contributed by atoms with Crippen LogP contribution in [-0.4, -0.2) is 28.4 Å². The van der Waals surface area contributed by atoms with Crippen LogP contribution < -0.4 is 9.64 Å². The number of benzene rings is 2. The fourth-order valence-electron chi connectivity index (χ4n) is 2.91. The summed E-state index contributed by atoms with van der Waals surface area (Å²) in [5.41, 5.74) is 1.55. The Kier molecular flexibility index (Phi) is 5.43. The number of hydrogen-bond donors (Lipinski definition) is 1. The molecule has 1 aromatic heterocycles. The molecular formula is C22H15NO5S2. The summed E-state index contributed by atoms with van der Waals surface area (Å²) in [5, 5.41) is 9.03. The largest absolute Gasteiger partial charge is 0.497 e. The van der Waals surface area contributed by atoms with Crippen molar-refractivity contribution in [2.75, 3.05) is 12.0 Å². The minimum Gasteiger partial charge on any atom is -0.497 e. The molecule has 2 heterocycles. The second-order valence-electron chi connectivity index (χ2n) is 6.30. The summed E-state index contributed by atoms with van der Waals surface area (Å²) in [4.78, 5) is 25.7. The third-order valence-electron chi connectivity index (χ3n) is 4.44. The summed E-state index contributed by atoms with van der Waals surface area (Å²) in [6, 6.07) is 17.1. The van der Waals surface area contributed by atoms with E-state index in [0.717, 1.165) is 11.3 Å². The van der Waals surface area contributed by atoms with Crippen molar-refractivity contribution in [3.05, 3.63) is 76.9 Å². The van der Waals surface area contributed by atoms with Gasteiger partial charge in [-0.15, -0.1) is 0 Å². The minimum atomic E-state index is -1.03. The molecule has 4 rings (SSSR count). The third-order valence-corrected chi connectivity index (χ3v) is 5.74. The van der Waals surface area contributed by atoms with Gasteiger partial charge in [0.1, 0.15) is 17.3 Å². The van der Waals surface area contributed by atoms with Crippen LogP contribution in [0.25, 0.3) is 17.4 Å². The van der Waals surface area contributed by atoms with Crippen LogP contribution >= 0.6 is 24.0 Å². The molecule has 0 radical (unpaired) electrons. The topological polar surface area (TPSA) is 80.0 Å². The Morgan fingerprint density at radius 1 is 1.10 bits per heavy atom. The average molecular weight is 437 g/mol. The second-order valence-corrected chi connectivity index (χ2v) is 7.98. The molecule has 30 heavy (non-hydrogen) atoms. The fourth-order valence-corrected chi connectivity index (χ4v) is 4.19. The highest BCUT2D eigenvalue weighted by Crippen LogP contribution is 2.36. The Hall–Kier alpha value is -3.36. The van der Waals surface area contributed by atoms with Crippen molar-refractivity contribution in [3.63, 3.8) is 0 Å². The van der Waals surface area contributed by atoms with Gasteiger partial charge in [-0.25, -0.2) is 4.79 Å². The molecule has 0 saturated carbocycles. The first-order chi connectivity index (χ1) is 14.5. The monoisotopic (exact) mass is 437 g/mol. The molecule has 2 aromatic carbocycles. The fraction of sp³-hybridized carbons (Fsp3) is 0.0455. The summed E-state index contributed by atoms with van der Waals surface area (Å²) >= 11 is 6.52. The quantitative estimate of drug-likeness (QED) is 0.441. The summed E-state index contributed by atoms with van der Waals surface area (Å²) < 4.78 is 11.4. The van der Waals surface area contributed by atoms with Gasteiger partial charge < -0.3 is 14.3 Å². The molecule has 1 aliphatic heterocycles. The Bertz CT molecular complexity index is 1160. The molecule has 0 aliphatic carbocycles. The number of anilines is 1. The van der Waals surface area contributed by atoms with E-state index < -0.39 is 5.97 Å². The lowest BCUT2D eigenvalue weighted by atomic mass is 10.2. The smallest absolute Gasteiger partial charge is 0.335 e. The number of hydrogen-bond acceptors (Lipinski definition) is 6. The first-order valence-corrected chi connectivity index (χ1v) is 10.0. The van der Waals surface area contributed by atoms with Gasteiger partial charge in [-0.2, -0.15) is 0 Å². The molecule has 0 unspecified atom stereocenters. The van der Waals surface area contributed by atoms with E-state index in [-0.39, 0.29) is 11.5 Å². The molecular weight excluding hydrogens is 422 g/mol. The molecule has 6 nitrogen and oxygen atoms in total. The number of carbonyl (C=O) groups is 2. The van der Waals surface area contributed by atoms with Crippen LogP contribution in [-0.2, 0) is 4.79 Å². The lowest BCUT2D eigenvalue weighted by Crippen LogP contribution is -2.27. The van der Waals surface area contributed by atoms with Crippen molar-refractivity contribution in [3.8, 4) is 17.1 Å². The van der Waals surface area contributed by atoms with Crippen LogP contribution in [0.1, 0.15) is 16.1 Å². The van der Waals surface area contributed by atoms with Gasteiger partial charge in [0.05, 0.1) is 23.3 Å². The van der Waals surface area contributed by atoms with Crippen LogP contribution in [0.5, 0.6) is 5.75 Å². The van der Waals surface area contributed by atoms with E-state index in [0.29, 0.717) is 26.4 Å². The molecule has 8 heteroatoms. The van der Waals surface area contributed by atoms with Crippen molar-refractivity contribution >= 4 is 51.9 Å². The van der Waals surface area contributed by atoms with E-state index in [1.54, 1.807) is 31.4 Å². The standard InChI is InChI=1S/C22H15NO5S2/c1-27-16-8-4-13(5-9-16)18-11-10-17(28-18)12-19-20(24)23(22(29)30-19)15-6-2-14(3-7-15)21(25)26/h2-12H,1H3,(H,25,26)/b19-12-. The number of methoxy groups -OCH3 is 1. The van der Waals surface area contributed by atoms with Crippen molar-refractivity contribution in [2.24, 2.45) is 0 Å². The van der Waals surface area contributed by atoms with Gasteiger partial charge in [-0.05, 0) is 60.7 Å². The van der Waals surface area contributed by atoms with Crippen LogP contribution in [0, 0.1) is 0 Å². The summed E-state index contributed by atoms with van der Waals surface area (Å²) in [7, 11) is 1.61. The van der Waals surface area contributed by atoms with Crippen molar-refractivity contribution in [1.82, 2.24) is 0 Å². The Balaban J connectivity index is 1.56. The maximum Gasteiger partial charge on any atom is 0.335 e. The number of aromatic carboxylic acids is 1. The lowest BCUT2D eigenvalue weighted by molar-refractivity contribution is -0.113. The number of nitrogens with zero attached hydrogens (tertiary/aromatic N) is 1. The number of ether oxygens (including phenoxy) is 1. The highest BCUT2D eigenvalue weighted by molar-refractivity contribution is 8.27. The van der Waals surface area contributed by atoms with E-state index in [1.807, 2.05) is 30.3 Å². The molecule has 1 amide bonds. The molecule has 1 aliphatic rings. The molecule has 1 saturated heterocycles. The summed E-state index contributed by atoms with van der Waals surface area (Å²) in [5.74, 6) is 0.643. The molecule has 0 spiro atoms. The second kappa shape index (κ2) is 8.17. The number of furan rings is 1. The van der Waals surface area contributed by atoms with Gasteiger partial charge in [0.15, 0.2) is 4.32 Å². The number of carboxylic acids is 1. The molecule has 0 atom stereocenters. The average Bonchev–Trinajstić information content (AvgIpc) is 3.32. The SMILES string of the molecule is COc1ccc(-c2ccc(/C=C3\SC(=S)N(c4ccc(C(=O)O)cc4)C3=O)o2)cc1. The third kappa shape index (κ3) is 3.87. The lowest BCUT2D eigenvalue weighted by Gasteiger charge is -2.14. The number of thioether (sulfide) groups is 1. The minimum absolute atomic E-state index is 0.140. The van der Waals surface area contributed by atoms with E-state index in [4.69, 9.17) is 26.5 Å². The zero-order chi connectivity index (χ0) is 21.3. The van der Waals surface area contributed by atoms with E-state index in [1.165, 1.54) is 28.8 Å². The number of rotatable bonds is 5. The molecule has 0 bridgehead atoms. The van der Waals surface area contributed by atoms with Gasteiger partial charge in [-0.3, -0.25) is 9.69 Å². The zero-order valence-corrected chi connectivity index (χ0v) is 17.3. The Labute approximate surface area is 181 Å². The molecule has 150 valence electrons. The van der Waals surface area contributed by atoms with Crippen molar-refractivity contribution in [2.45, 2.75) is 0 Å². The highest BCUT2D eigenvalue weighted by Gasteiger charge is 2.33. The van der Waals surface area contributed by atoms with Crippen molar-refractivity contribution in [1.29, 1.82) is 0 Å². The highest BCUT2D eigenvalue weighted by atomic mass is 32.2. The van der Waals surface area contributed by atoms with Crippen LogP contribution in [0.2, 0.25) is 0 Å². The van der Waals surface area contributed by atoms with Gasteiger partial charge in [-0.1, -0.05) is 24.0 Å². The molecule has 3 aromatic rings. The Morgan fingerprint density at radius 3 is 2.43 bits per heavy atom. The van der Waals surface area contributed by atoms with E-state index >= 15 is 0 Å². The van der Waals surface area contributed by atoms with Gasteiger partial charge in [0.2, 0.25) is 0 Å². The van der Waals surface area contributed by atoms with Crippen LogP contribution in [0.3, 0.4) is 0 Å². The first kappa shape index (κ1) is 19.9. The number of thiocarbonyl (C=S) groups is 1. The van der Waals surface area contributed by atoms with Crippen LogP contribution in [0.4, 0.5) is 5.69 Å². The summed E-state index contributed by atoms with van der Waals surface area (Å²) in [6.45, 7) is 0. The zero-order valence-electron chi connectivity index (χ0n) is 15.7. The number of carbonyl (C=O) groups excluding carboxylic acids is 1.